The molecule has 0 spiro atoms. The maximum Gasteiger partial charge on any atom is 0.141 e. The second-order valence-electron chi connectivity index (χ2n) is 5.63. The molecule has 2 rings (SSSR count). The van der Waals surface area contributed by atoms with Crippen molar-refractivity contribution in [1.29, 1.82) is 0 Å². The molecule has 0 aromatic carbocycles. The molecule has 0 bridgehead atoms. The summed E-state index contributed by atoms with van der Waals surface area (Å²) < 4.78 is 12.9. The molecule has 2 atom stereocenters. The fourth-order valence-corrected chi connectivity index (χ4v) is 2.51. The van der Waals surface area contributed by atoms with Crippen LogP contribution in [0.5, 0.6) is 0 Å². The van der Waals surface area contributed by atoms with Gasteiger partial charge in [-0.25, -0.2) is 4.39 Å². The van der Waals surface area contributed by atoms with Gasteiger partial charge in [-0.2, -0.15) is 0 Å². The van der Waals surface area contributed by atoms with Crippen LogP contribution in [0.3, 0.4) is 0 Å². The van der Waals surface area contributed by atoms with E-state index < -0.39 is 0 Å². The van der Waals surface area contributed by atoms with Crippen LogP contribution in [0.2, 0.25) is 0 Å². The molecule has 0 saturated heterocycles. The number of pyridine rings is 1. The summed E-state index contributed by atoms with van der Waals surface area (Å²) in [7, 11) is 0. The van der Waals surface area contributed by atoms with Crippen LogP contribution in [0.15, 0.2) is 18.3 Å². The normalized spacial score (nSPS) is 18.6. The van der Waals surface area contributed by atoms with Gasteiger partial charge in [0, 0.05) is 12.6 Å². The van der Waals surface area contributed by atoms with Crippen LogP contribution in [0.25, 0.3) is 0 Å². The Labute approximate surface area is 115 Å². The third-order valence-electron chi connectivity index (χ3n) is 3.80. The summed E-state index contributed by atoms with van der Waals surface area (Å²) in [6.07, 6.45) is 5.05. The van der Waals surface area contributed by atoms with Crippen LogP contribution in [0.4, 0.5) is 4.39 Å². The second kappa shape index (κ2) is 6.44. The summed E-state index contributed by atoms with van der Waals surface area (Å²) >= 11 is 0. The lowest BCUT2D eigenvalue weighted by Crippen LogP contribution is -2.35. The van der Waals surface area contributed by atoms with E-state index in [1.807, 2.05) is 0 Å². The second-order valence-corrected chi connectivity index (χ2v) is 5.63. The van der Waals surface area contributed by atoms with Gasteiger partial charge < -0.3 is 10.6 Å². The van der Waals surface area contributed by atoms with Crippen molar-refractivity contribution in [2.45, 2.75) is 45.2 Å². The first kappa shape index (κ1) is 14.4. The molecule has 0 aliphatic heterocycles. The topological polar surface area (TPSA) is 42.1 Å². The minimum absolute atomic E-state index is 0.126. The molecule has 4 heteroatoms. The molecule has 19 heavy (non-hydrogen) atoms. The zero-order valence-corrected chi connectivity index (χ0v) is 11.8. The van der Waals surface area contributed by atoms with Crippen molar-refractivity contribution in [2.75, 3.05) is 13.1 Å². The first-order valence-electron chi connectivity index (χ1n) is 7.23. The standard InChI is InChI=1S/C15H24FN3/c1-3-8-19(13-5-6-13)10-11(2)15(17)14-7-4-12(16)9-18-14/h4,7,9,11,13,15H,3,5-6,8,10,17H2,1-2H3. The number of nitrogens with zero attached hydrogens (tertiary/aromatic N) is 2. The van der Waals surface area contributed by atoms with Gasteiger partial charge in [0.25, 0.3) is 0 Å². The van der Waals surface area contributed by atoms with E-state index in [1.165, 1.54) is 31.5 Å². The Kier molecular flexibility index (Phi) is 4.88. The van der Waals surface area contributed by atoms with E-state index in [0.717, 1.165) is 24.8 Å². The maximum atomic E-state index is 12.9. The van der Waals surface area contributed by atoms with Crippen LogP contribution < -0.4 is 5.73 Å². The fraction of sp³-hybridized carbons (Fsp3) is 0.667. The van der Waals surface area contributed by atoms with Crippen molar-refractivity contribution in [3.8, 4) is 0 Å². The monoisotopic (exact) mass is 265 g/mol. The molecule has 1 saturated carbocycles. The van der Waals surface area contributed by atoms with Gasteiger partial charge in [0.05, 0.1) is 17.9 Å². The van der Waals surface area contributed by atoms with Crippen molar-refractivity contribution in [2.24, 2.45) is 11.7 Å². The third kappa shape index (κ3) is 3.98. The van der Waals surface area contributed by atoms with Crippen LogP contribution in [0.1, 0.15) is 44.8 Å². The highest BCUT2D eigenvalue weighted by atomic mass is 19.1. The quantitative estimate of drug-likeness (QED) is 0.824. The average Bonchev–Trinajstić information content (AvgIpc) is 3.22. The summed E-state index contributed by atoms with van der Waals surface area (Å²) in [6.45, 7) is 6.50. The predicted molar refractivity (Wildman–Crippen MR) is 75.2 cm³/mol. The number of aromatic nitrogens is 1. The summed E-state index contributed by atoms with van der Waals surface area (Å²) in [4.78, 5) is 6.63. The molecule has 1 aliphatic carbocycles. The predicted octanol–water partition coefficient (Wildman–Crippen LogP) is 2.73. The molecule has 0 radical (unpaired) electrons. The van der Waals surface area contributed by atoms with E-state index in [9.17, 15) is 4.39 Å². The zero-order valence-electron chi connectivity index (χ0n) is 11.8. The van der Waals surface area contributed by atoms with E-state index in [4.69, 9.17) is 5.73 Å². The van der Waals surface area contributed by atoms with Gasteiger partial charge in [-0.3, -0.25) is 4.98 Å². The van der Waals surface area contributed by atoms with Gasteiger partial charge in [-0.05, 0) is 43.9 Å². The summed E-state index contributed by atoms with van der Waals surface area (Å²) in [5, 5.41) is 0. The lowest BCUT2D eigenvalue weighted by Gasteiger charge is -2.28. The number of hydrogen-bond acceptors (Lipinski definition) is 3. The smallest absolute Gasteiger partial charge is 0.141 e. The highest BCUT2D eigenvalue weighted by Gasteiger charge is 2.30. The Hall–Kier alpha value is -1.00. The Morgan fingerprint density at radius 1 is 1.47 bits per heavy atom. The van der Waals surface area contributed by atoms with Gasteiger partial charge in [0.1, 0.15) is 5.82 Å². The Morgan fingerprint density at radius 2 is 2.21 bits per heavy atom. The SMILES string of the molecule is CCCN(CC(C)C(N)c1ccc(F)cn1)C1CC1. The van der Waals surface area contributed by atoms with E-state index in [1.54, 1.807) is 6.07 Å². The zero-order chi connectivity index (χ0) is 13.8. The minimum atomic E-state index is -0.311. The maximum absolute atomic E-state index is 12.9. The lowest BCUT2D eigenvalue weighted by atomic mass is 9.98. The molecule has 2 N–H and O–H groups in total. The molecule has 1 aliphatic rings. The molecule has 3 nitrogen and oxygen atoms in total. The molecule has 106 valence electrons. The van der Waals surface area contributed by atoms with Crippen LogP contribution in [-0.2, 0) is 0 Å². The van der Waals surface area contributed by atoms with Gasteiger partial charge in [0.15, 0.2) is 0 Å². The van der Waals surface area contributed by atoms with E-state index in [0.29, 0.717) is 5.92 Å². The van der Waals surface area contributed by atoms with E-state index >= 15 is 0 Å². The van der Waals surface area contributed by atoms with Crippen molar-refractivity contribution in [3.63, 3.8) is 0 Å². The Morgan fingerprint density at radius 3 is 2.74 bits per heavy atom. The molecule has 2 unspecified atom stereocenters. The van der Waals surface area contributed by atoms with E-state index in [2.05, 4.69) is 23.7 Å². The molecule has 1 fully saturated rings. The van der Waals surface area contributed by atoms with Crippen LogP contribution in [0, 0.1) is 11.7 Å². The average molecular weight is 265 g/mol. The van der Waals surface area contributed by atoms with Crippen LogP contribution >= 0.6 is 0 Å². The van der Waals surface area contributed by atoms with Gasteiger partial charge >= 0.3 is 0 Å². The summed E-state index contributed by atoms with van der Waals surface area (Å²) in [5.74, 6) is 0.0132. The van der Waals surface area contributed by atoms with E-state index in [-0.39, 0.29) is 11.9 Å². The Balaban J connectivity index is 1.93. The van der Waals surface area contributed by atoms with Crippen molar-refractivity contribution < 1.29 is 4.39 Å². The van der Waals surface area contributed by atoms with Crippen molar-refractivity contribution >= 4 is 0 Å². The largest absolute Gasteiger partial charge is 0.322 e. The van der Waals surface area contributed by atoms with Crippen LogP contribution in [-0.4, -0.2) is 29.0 Å². The Bertz CT molecular complexity index is 389. The lowest BCUT2D eigenvalue weighted by molar-refractivity contribution is 0.212. The van der Waals surface area contributed by atoms with Gasteiger partial charge in [-0.1, -0.05) is 13.8 Å². The number of hydrogen-bond donors (Lipinski definition) is 1. The number of halogens is 1. The molecule has 1 heterocycles. The van der Waals surface area contributed by atoms with Crippen molar-refractivity contribution in [1.82, 2.24) is 9.88 Å². The summed E-state index contributed by atoms with van der Waals surface area (Å²) in [6, 6.07) is 3.76. The number of rotatable bonds is 7. The molecular weight excluding hydrogens is 241 g/mol. The van der Waals surface area contributed by atoms with Gasteiger partial charge in [-0.15, -0.1) is 0 Å². The molecular formula is C15H24FN3. The highest BCUT2D eigenvalue weighted by Crippen LogP contribution is 2.29. The minimum Gasteiger partial charge on any atom is -0.322 e. The van der Waals surface area contributed by atoms with Crippen molar-refractivity contribution in [3.05, 3.63) is 29.8 Å². The molecule has 1 aromatic rings. The van der Waals surface area contributed by atoms with Gasteiger partial charge in [0.2, 0.25) is 0 Å². The first-order chi connectivity index (χ1) is 9.11. The number of nitrogens with two attached hydrogens (primary N) is 1. The fourth-order valence-electron chi connectivity index (χ4n) is 2.51. The molecule has 1 aromatic heterocycles. The first-order valence-corrected chi connectivity index (χ1v) is 7.23. The summed E-state index contributed by atoms with van der Waals surface area (Å²) in [5.41, 5.74) is 7.02. The third-order valence-corrected chi connectivity index (χ3v) is 3.80. The highest BCUT2D eigenvalue weighted by molar-refractivity contribution is 5.10. The molecule has 0 amide bonds.